The van der Waals surface area contributed by atoms with Crippen LogP contribution in [0.5, 0.6) is 0 Å². The fourth-order valence-corrected chi connectivity index (χ4v) is 1.71. The number of halogens is 2. The lowest BCUT2D eigenvalue weighted by atomic mass is 10.2. The number of rotatable bonds is 2. The minimum atomic E-state index is -0.154. The lowest BCUT2D eigenvalue weighted by Crippen LogP contribution is -1.86. The van der Waals surface area contributed by atoms with Gasteiger partial charge in [-0.1, -0.05) is 28.1 Å². The molecule has 0 aliphatic carbocycles. The van der Waals surface area contributed by atoms with Crippen molar-refractivity contribution in [2.24, 2.45) is 0 Å². The molecule has 0 aliphatic heterocycles. The third kappa shape index (κ3) is 2.38. The van der Waals surface area contributed by atoms with Gasteiger partial charge in [-0.2, -0.15) is 5.10 Å². The van der Waals surface area contributed by atoms with Crippen LogP contribution in [-0.4, -0.2) is 15.2 Å². The maximum absolute atomic E-state index is 5.89. The molecule has 0 fully saturated rings. The zero-order chi connectivity index (χ0) is 10.8. The predicted octanol–water partition coefficient (Wildman–Crippen LogP) is 3.53. The van der Waals surface area contributed by atoms with E-state index < -0.39 is 0 Å². The van der Waals surface area contributed by atoms with Gasteiger partial charge in [0.15, 0.2) is 5.82 Å². The van der Waals surface area contributed by atoms with E-state index in [-0.39, 0.29) is 5.38 Å². The molecule has 15 heavy (non-hydrogen) atoms. The van der Waals surface area contributed by atoms with E-state index in [1.165, 1.54) is 0 Å². The van der Waals surface area contributed by atoms with E-state index in [0.29, 0.717) is 11.6 Å². The Kier molecular flexibility index (Phi) is 3.07. The molecule has 0 aliphatic rings. The second kappa shape index (κ2) is 4.33. The Balaban J connectivity index is 2.37. The molecule has 0 bridgehead atoms. The lowest BCUT2D eigenvalue weighted by Gasteiger charge is -1.95. The van der Waals surface area contributed by atoms with E-state index in [1.807, 2.05) is 31.2 Å². The standard InChI is InChI=1S/C10H9BrClN3/c1-6(12)9-13-10(15-14-9)7-3-2-4-8(11)5-7/h2-6H,1H3,(H,13,14,15). The third-order valence-electron chi connectivity index (χ3n) is 1.96. The van der Waals surface area contributed by atoms with E-state index in [1.54, 1.807) is 0 Å². The lowest BCUT2D eigenvalue weighted by molar-refractivity contribution is 0.918. The summed E-state index contributed by atoms with van der Waals surface area (Å²) in [5.41, 5.74) is 0.962. The van der Waals surface area contributed by atoms with Crippen molar-refractivity contribution in [3.63, 3.8) is 0 Å². The maximum Gasteiger partial charge on any atom is 0.181 e. The number of nitrogens with zero attached hydrogens (tertiary/aromatic N) is 2. The predicted molar refractivity (Wildman–Crippen MR) is 63.8 cm³/mol. The summed E-state index contributed by atoms with van der Waals surface area (Å²) in [4.78, 5) is 4.30. The highest BCUT2D eigenvalue weighted by molar-refractivity contribution is 9.10. The number of benzene rings is 1. The largest absolute Gasteiger partial charge is 0.261 e. The molecule has 2 rings (SSSR count). The molecule has 1 atom stereocenters. The van der Waals surface area contributed by atoms with Crippen molar-refractivity contribution in [1.29, 1.82) is 0 Å². The highest BCUT2D eigenvalue weighted by Crippen LogP contribution is 2.22. The summed E-state index contributed by atoms with van der Waals surface area (Å²) in [6.07, 6.45) is 0. The molecule has 0 radical (unpaired) electrons. The van der Waals surface area contributed by atoms with Crippen LogP contribution in [0, 0.1) is 0 Å². The average molecular weight is 287 g/mol. The topological polar surface area (TPSA) is 41.6 Å². The number of H-pyrrole nitrogens is 1. The first-order valence-corrected chi connectivity index (χ1v) is 5.72. The maximum atomic E-state index is 5.89. The fraction of sp³-hybridized carbons (Fsp3) is 0.200. The first kappa shape index (κ1) is 10.6. The molecule has 1 aromatic carbocycles. The minimum Gasteiger partial charge on any atom is -0.261 e. The van der Waals surface area contributed by atoms with Crippen LogP contribution in [0.1, 0.15) is 18.1 Å². The van der Waals surface area contributed by atoms with E-state index in [0.717, 1.165) is 10.0 Å². The molecule has 1 N–H and O–H groups in total. The van der Waals surface area contributed by atoms with Gasteiger partial charge < -0.3 is 0 Å². The number of nitrogens with one attached hydrogen (secondary N) is 1. The quantitative estimate of drug-likeness (QED) is 0.858. The van der Waals surface area contributed by atoms with Crippen LogP contribution in [-0.2, 0) is 0 Å². The number of hydrogen-bond donors (Lipinski definition) is 1. The first-order chi connectivity index (χ1) is 7.16. The summed E-state index contributed by atoms with van der Waals surface area (Å²) in [5.74, 6) is 1.35. The molecular formula is C10H9BrClN3. The van der Waals surface area contributed by atoms with Crippen LogP contribution in [0.2, 0.25) is 0 Å². The summed E-state index contributed by atoms with van der Waals surface area (Å²) >= 11 is 9.30. The van der Waals surface area contributed by atoms with Crippen LogP contribution in [0.4, 0.5) is 0 Å². The molecule has 1 heterocycles. The van der Waals surface area contributed by atoms with Crippen LogP contribution < -0.4 is 0 Å². The Morgan fingerprint density at radius 1 is 1.47 bits per heavy atom. The van der Waals surface area contributed by atoms with Gasteiger partial charge in [-0.25, -0.2) is 4.98 Å². The van der Waals surface area contributed by atoms with Gasteiger partial charge in [0.2, 0.25) is 0 Å². The van der Waals surface area contributed by atoms with Gasteiger partial charge in [-0.3, -0.25) is 5.10 Å². The molecule has 78 valence electrons. The molecule has 0 saturated heterocycles. The zero-order valence-electron chi connectivity index (χ0n) is 8.04. The van der Waals surface area contributed by atoms with Crippen molar-refractivity contribution in [2.45, 2.75) is 12.3 Å². The van der Waals surface area contributed by atoms with Crippen LogP contribution in [0.3, 0.4) is 0 Å². The number of aromatic nitrogens is 3. The highest BCUT2D eigenvalue weighted by Gasteiger charge is 2.09. The van der Waals surface area contributed by atoms with Gasteiger partial charge in [0, 0.05) is 10.0 Å². The number of alkyl halides is 1. The van der Waals surface area contributed by atoms with E-state index in [9.17, 15) is 0 Å². The first-order valence-electron chi connectivity index (χ1n) is 4.49. The minimum absolute atomic E-state index is 0.154. The zero-order valence-corrected chi connectivity index (χ0v) is 10.4. The van der Waals surface area contributed by atoms with Crippen LogP contribution in [0.15, 0.2) is 28.7 Å². The van der Waals surface area contributed by atoms with Crippen LogP contribution >= 0.6 is 27.5 Å². The molecule has 1 unspecified atom stereocenters. The second-order valence-electron chi connectivity index (χ2n) is 3.17. The van der Waals surface area contributed by atoms with Crippen molar-refractivity contribution in [3.8, 4) is 11.4 Å². The fourth-order valence-electron chi connectivity index (χ4n) is 1.21. The van der Waals surface area contributed by atoms with Gasteiger partial charge in [0.1, 0.15) is 5.82 Å². The van der Waals surface area contributed by atoms with Crippen molar-refractivity contribution in [2.75, 3.05) is 0 Å². The van der Waals surface area contributed by atoms with Crippen molar-refractivity contribution in [3.05, 3.63) is 34.6 Å². The number of aromatic amines is 1. The molecule has 5 heteroatoms. The van der Waals surface area contributed by atoms with E-state index in [2.05, 4.69) is 31.1 Å². The van der Waals surface area contributed by atoms with Gasteiger partial charge in [-0.05, 0) is 19.1 Å². The second-order valence-corrected chi connectivity index (χ2v) is 4.74. The Hall–Kier alpha value is -0.870. The third-order valence-corrected chi connectivity index (χ3v) is 2.66. The van der Waals surface area contributed by atoms with Gasteiger partial charge in [0.25, 0.3) is 0 Å². The van der Waals surface area contributed by atoms with Gasteiger partial charge in [0.05, 0.1) is 5.38 Å². The Morgan fingerprint density at radius 3 is 2.87 bits per heavy atom. The summed E-state index contributed by atoms with van der Waals surface area (Å²) in [5, 5.41) is 6.77. The smallest absolute Gasteiger partial charge is 0.181 e. The van der Waals surface area contributed by atoms with Crippen LogP contribution in [0.25, 0.3) is 11.4 Å². The summed E-state index contributed by atoms with van der Waals surface area (Å²) in [6.45, 7) is 1.85. The molecule has 0 spiro atoms. The number of hydrogen-bond acceptors (Lipinski definition) is 2. The van der Waals surface area contributed by atoms with Crippen molar-refractivity contribution >= 4 is 27.5 Å². The highest BCUT2D eigenvalue weighted by atomic mass is 79.9. The molecular weight excluding hydrogens is 277 g/mol. The molecule has 2 aromatic rings. The summed E-state index contributed by atoms with van der Waals surface area (Å²) in [7, 11) is 0. The van der Waals surface area contributed by atoms with Gasteiger partial charge in [-0.15, -0.1) is 11.6 Å². The SMILES string of the molecule is CC(Cl)c1nc(-c2cccc(Br)c2)n[nH]1. The van der Waals surface area contributed by atoms with Crippen molar-refractivity contribution < 1.29 is 0 Å². The normalized spacial score (nSPS) is 12.7. The van der Waals surface area contributed by atoms with E-state index >= 15 is 0 Å². The average Bonchev–Trinajstić information content (AvgIpc) is 2.66. The summed E-state index contributed by atoms with van der Waals surface area (Å²) in [6, 6.07) is 7.82. The Morgan fingerprint density at radius 2 is 2.27 bits per heavy atom. The monoisotopic (exact) mass is 285 g/mol. The van der Waals surface area contributed by atoms with Crippen molar-refractivity contribution in [1.82, 2.24) is 15.2 Å². The molecule has 0 amide bonds. The Bertz CT molecular complexity index is 467. The van der Waals surface area contributed by atoms with E-state index in [4.69, 9.17) is 11.6 Å². The van der Waals surface area contributed by atoms with Gasteiger partial charge >= 0.3 is 0 Å². The molecule has 0 saturated carbocycles. The summed E-state index contributed by atoms with van der Waals surface area (Å²) < 4.78 is 1.00. The Labute approximate surface area is 101 Å². The molecule has 1 aromatic heterocycles. The molecule has 3 nitrogen and oxygen atoms in total.